The molecule has 38 heavy (non-hydrogen) atoms. The molecule has 1 aliphatic heterocycles. The molecule has 15 nitrogen and oxygen atoms in total. The van der Waals surface area contributed by atoms with Crippen molar-refractivity contribution in [3.63, 3.8) is 0 Å². The Morgan fingerprint density at radius 3 is 2.03 bits per heavy atom. The van der Waals surface area contributed by atoms with Crippen LogP contribution in [0.25, 0.3) is 0 Å². The summed E-state index contributed by atoms with van der Waals surface area (Å²) in [6, 6.07) is -1.26. The van der Waals surface area contributed by atoms with E-state index in [1.807, 2.05) is 4.98 Å². The molecular formula is C22H37N4O11P. The number of nitrogens with zero attached hydrogens (tertiary/aromatic N) is 1. The third-order valence-electron chi connectivity index (χ3n) is 5.43. The van der Waals surface area contributed by atoms with Gasteiger partial charge in [0.25, 0.3) is 5.56 Å². The summed E-state index contributed by atoms with van der Waals surface area (Å²) in [7, 11) is -4.27. The zero-order valence-corrected chi connectivity index (χ0v) is 23.3. The summed E-state index contributed by atoms with van der Waals surface area (Å²) in [6.45, 7) is 10.0. The van der Waals surface area contributed by atoms with Crippen LogP contribution in [0, 0.1) is 0 Å². The normalized spacial score (nSPS) is 26.7. The van der Waals surface area contributed by atoms with Gasteiger partial charge in [-0.2, -0.15) is 0 Å². The van der Waals surface area contributed by atoms with Crippen LogP contribution in [-0.2, 0) is 32.9 Å². The lowest BCUT2D eigenvalue weighted by atomic mass is 9.99. The van der Waals surface area contributed by atoms with Gasteiger partial charge >= 0.3 is 25.3 Å². The number of carbonyl (C=O) groups is 2. The standard InChI is InChI=1S/C22H37N4O11P/c1-11(2)35-19(30)13(5)24-38(33,25-14(6)20(31)36-12(3)4)34-10-22(7)17(29)16(28)18(37-22)26-9-8-15(27)23-21(26)32/h8-9,11-14,16-18,28-29H,10H2,1-7H3,(H,23,27,32)(H2,24,25,33)/t13?,14?,16-,17+,18-,22-,38?/m1/s1. The molecular weight excluding hydrogens is 527 g/mol. The maximum Gasteiger partial charge on any atom is 0.342 e. The Morgan fingerprint density at radius 1 is 1.08 bits per heavy atom. The van der Waals surface area contributed by atoms with Crippen molar-refractivity contribution < 1.29 is 43.1 Å². The van der Waals surface area contributed by atoms with Crippen LogP contribution in [0.1, 0.15) is 54.7 Å². The molecule has 6 atom stereocenters. The first kappa shape index (κ1) is 31.8. The minimum Gasteiger partial charge on any atom is -0.462 e. The number of H-pyrrole nitrogens is 1. The number of nitrogens with one attached hydrogen (secondary N) is 3. The Bertz CT molecular complexity index is 1120. The topological polar surface area (TPSA) is 208 Å². The van der Waals surface area contributed by atoms with Crippen molar-refractivity contribution in [3.05, 3.63) is 33.1 Å². The van der Waals surface area contributed by atoms with Crippen LogP contribution in [0.5, 0.6) is 0 Å². The Labute approximate surface area is 219 Å². The third kappa shape index (κ3) is 8.06. The van der Waals surface area contributed by atoms with Crippen molar-refractivity contribution in [1.29, 1.82) is 0 Å². The second-order valence-electron chi connectivity index (χ2n) is 9.77. The maximum atomic E-state index is 13.8. The Kier molecular flexibility index (Phi) is 10.6. The average Bonchev–Trinajstić information content (AvgIpc) is 3.01. The molecule has 0 saturated carbocycles. The molecule has 2 unspecified atom stereocenters. The highest BCUT2D eigenvalue weighted by Gasteiger charge is 2.53. The minimum atomic E-state index is -4.27. The van der Waals surface area contributed by atoms with Gasteiger partial charge in [0.2, 0.25) is 0 Å². The van der Waals surface area contributed by atoms with E-state index >= 15 is 0 Å². The van der Waals surface area contributed by atoms with E-state index < -0.39 is 85.8 Å². The summed E-state index contributed by atoms with van der Waals surface area (Å²) in [4.78, 5) is 50.3. The molecule has 5 N–H and O–H groups in total. The molecule has 0 bridgehead atoms. The second kappa shape index (κ2) is 12.6. The van der Waals surface area contributed by atoms with Gasteiger partial charge in [-0.05, 0) is 48.5 Å². The number of hydrogen-bond donors (Lipinski definition) is 5. The van der Waals surface area contributed by atoms with Crippen molar-refractivity contribution in [1.82, 2.24) is 19.7 Å². The Hall–Kier alpha value is -2.39. The highest BCUT2D eigenvalue weighted by molar-refractivity contribution is 7.54. The van der Waals surface area contributed by atoms with Crippen molar-refractivity contribution >= 4 is 19.6 Å². The fourth-order valence-electron chi connectivity index (χ4n) is 3.52. The first-order valence-electron chi connectivity index (χ1n) is 12.0. The van der Waals surface area contributed by atoms with E-state index in [0.717, 1.165) is 16.8 Å². The summed E-state index contributed by atoms with van der Waals surface area (Å²) >= 11 is 0. The van der Waals surface area contributed by atoms with E-state index in [9.17, 15) is 34.0 Å². The lowest BCUT2D eigenvalue weighted by Gasteiger charge is -2.31. The fraction of sp³-hybridized carbons (Fsp3) is 0.727. The van der Waals surface area contributed by atoms with Gasteiger partial charge in [-0.25, -0.2) is 15.0 Å². The van der Waals surface area contributed by atoms with Gasteiger partial charge in [-0.3, -0.25) is 28.5 Å². The van der Waals surface area contributed by atoms with Gasteiger partial charge in [0.05, 0.1) is 18.8 Å². The second-order valence-corrected chi connectivity index (χ2v) is 11.6. The fourth-order valence-corrected chi connectivity index (χ4v) is 5.41. The van der Waals surface area contributed by atoms with Crippen LogP contribution in [0.4, 0.5) is 0 Å². The number of aliphatic hydroxyl groups excluding tert-OH is 2. The van der Waals surface area contributed by atoms with E-state index in [2.05, 4.69) is 10.2 Å². The van der Waals surface area contributed by atoms with Crippen molar-refractivity contribution in [2.24, 2.45) is 0 Å². The molecule has 16 heteroatoms. The van der Waals surface area contributed by atoms with Crippen LogP contribution in [-0.4, -0.2) is 80.4 Å². The SMILES string of the molecule is CC(C)OC(=O)C(C)NP(=O)(NC(C)C(=O)OC(C)C)OC[C@@]1(C)O[C@@H](n2ccc(=O)[nH]c2=O)[C@H](O)[C@@H]1O. The smallest absolute Gasteiger partial charge is 0.342 e. The number of rotatable bonds is 12. The van der Waals surface area contributed by atoms with Gasteiger partial charge < -0.3 is 28.9 Å². The number of aromatic amines is 1. The van der Waals surface area contributed by atoms with Crippen molar-refractivity contribution in [2.75, 3.05) is 6.61 Å². The first-order valence-corrected chi connectivity index (χ1v) is 13.7. The zero-order valence-electron chi connectivity index (χ0n) is 22.4. The molecule has 0 aliphatic carbocycles. The molecule has 0 amide bonds. The van der Waals surface area contributed by atoms with E-state index in [4.69, 9.17) is 18.7 Å². The monoisotopic (exact) mass is 564 g/mol. The molecule has 216 valence electrons. The predicted molar refractivity (Wildman–Crippen MR) is 133 cm³/mol. The molecule has 2 rings (SSSR count). The number of aliphatic hydroxyl groups is 2. The highest BCUT2D eigenvalue weighted by Crippen LogP contribution is 2.44. The molecule has 1 aromatic rings. The average molecular weight is 565 g/mol. The minimum absolute atomic E-state index is 0.448. The molecule has 1 aliphatic rings. The first-order chi connectivity index (χ1) is 17.5. The van der Waals surface area contributed by atoms with Crippen molar-refractivity contribution in [2.45, 2.75) is 96.8 Å². The van der Waals surface area contributed by atoms with Crippen LogP contribution < -0.4 is 21.4 Å². The lowest BCUT2D eigenvalue weighted by Crippen LogP contribution is -2.47. The summed E-state index contributed by atoms with van der Waals surface area (Å²) in [5, 5.41) is 26.3. The molecule has 0 spiro atoms. The van der Waals surface area contributed by atoms with Gasteiger partial charge in [-0.1, -0.05) is 0 Å². The van der Waals surface area contributed by atoms with E-state index in [0.29, 0.717) is 0 Å². The van der Waals surface area contributed by atoms with Crippen LogP contribution in [0.2, 0.25) is 0 Å². The number of esters is 2. The quantitative estimate of drug-likeness (QED) is 0.161. The number of aromatic nitrogens is 2. The van der Waals surface area contributed by atoms with E-state index in [-0.39, 0.29) is 0 Å². The summed E-state index contributed by atoms with van der Waals surface area (Å²) < 4.78 is 36.3. The molecule has 1 aromatic heterocycles. The van der Waals surface area contributed by atoms with Crippen LogP contribution >= 0.6 is 7.67 Å². The zero-order chi connectivity index (χ0) is 29.0. The lowest BCUT2D eigenvalue weighted by molar-refractivity contribution is -0.149. The molecule has 0 radical (unpaired) electrons. The van der Waals surface area contributed by atoms with Crippen LogP contribution in [0.3, 0.4) is 0 Å². The number of hydrogen-bond acceptors (Lipinski definition) is 11. The largest absolute Gasteiger partial charge is 0.462 e. The molecule has 0 aromatic carbocycles. The van der Waals surface area contributed by atoms with Gasteiger partial charge in [-0.15, -0.1) is 0 Å². The van der Waals surface area contributed by atoms with E-state index in [1.165, 1.54) is 20.8 Å². The van der Waals surface area contributed by atoms with Gasteiger partial charge in [0.1, 0.15) is 29.9 Å². The number of ether oxygens (including phenoxy) is 3. The number of carbonyl (C=O) groups excluding carboxylic acids is 2. The summed E-state index contributed by atoms with van der Waals surface area (Å²) in [5.74, 6) is -1.47. The highest BCUT2D eigenvalue weighted by atomic mass is 31.2. The van der Waals surface area contributed by atoms with Gasteiger partial charge in [0, 0.05) is 12.3 Å². The van der Waals surface area contributed by atoms with E-state index in [1.54, 1.807) is 27.7 Å². The van der Waals surface area contributed by atoms with Crippen LogP contribution in [0.15, 0.2) is 21.9 Å². The molecule has 2 heterocycles. The third-order valence-corrected chi connectivity index (χ3v) is 7.37. The molecule has 1 saturated heterocycles. The summed E-state index contributed by atoms with van der Waals surface area (Å²) in [6.07, 6.45) is -4.49. The van der Waals surface area contributed by atoms with Gasteiger partial charge in [0.15, 0.2) is 6.23 Å². The maximum absolute atomic E-state index is 13.8. The van der Waals surface area contributed by atoms with Crippen molar-refractivity contribution in [3.8, 4) is 0 Å². The summed E-state index contributed by atoms with van der Waals surface area (Å²) in [5.41, 5.74) is -3.27. The molecule has 1 fully saturated rings. The predicted octanol–water partition coefficient (Wildman–Crippen LogP) is -0.470. The Balaban J connectivity index is 2.27. The Morgan fingerprint density at radius 2 is 1.58 bits per heavy atom.